The molecule has 0 aliphatic rings. The minimum atomic E-state index is -0.109. The molecule has 0 heterocycles. The Morgan fingerprint density at radius 3 is 2.29 bits per heavy atom. The highest BCUT2D eigenvalue weighted by Gasteiger charge is 1.94. The number of hydrogen-bond donors (Lipinski definition) is 1. The molecule has 0 aliphatic heterocycles. The van der Waals surface area contributed by atoms with E-state index in [0.717, 1.165) is 12.8 Å². The third kappa shape index (κ3) is 11.7. The summed E-state index contributed by atoms with van der Waals surface area (Å²) in [5, 5.41) is 9.04. The van der Waals surface area contributed by atoms with Gasteiger partial charge in [0.05, 0.1) is 6.10 Å². The molecule has 0 aromatic carbocycles. The lowest BCUT2D eigenvalue weighted by Crippen LogP contribution is -1.98. The number of rotatable bonds is 9. The van der Waals surface area contributed by atoms with Gasteiger partial charge in [-0.05, 0) is 32.6 Å². The standard InChI is InChI=1S/C13H26O/c1-3-4-5-6-7-8-9-10-11-12-13(2)14/h4-5,13-14H,3,6-12H2,1-2H3/t13-/m1/s1. The van der Waals surface area contributed by atoms with Crippen LogP contribution in [-0.4, -0.2) is 11.2 Å². The Kier molecular flexibility index (Phi) is 10.5. The molecule has 1 nitrogen and oxygen atoms in total. The SMILES string of the molecule is CCC=CCCCCCCC[C@@H](C)O. The first-order valence-electron chi connectivity index (χ1n) is 6.10. The van der Waals surface area contributed by atoms with Crippen LogP contribution in [0.15, 0.2) is 12.2 Å². The Morgan fingerprint density at radius 2 is 1.64 bits per heavy atom. The molecule has 1 atom stereocenters. The Balaban J connectivity index is 2.95. The minimum absolute atomic E-state index is 0.109. The van der Waals surface area contributed by atoms with Gasteiger partial charge in [0, 0.05) is 0 Å². The molecule has 0 amide bonds. The largest absolute Gasteiger partial charge is 0.393 e. The van der Waals surface area contributed by atoms with E-state index in [2.05, 4.69) is 19.1 Å². The first-order valence-corrected chi connectivity index (χ1v) is 6.10. The van der Waals surface area contributed by atoms with Gasteiger partial charge in [0.1, 0.15) is 0 Å². The predicted octanol–water partition coefficient (Wildman–Crippen LogP) is 4.06. The van der Waals surface area contributed by atoms with E-state index in [1.54, 1.807) is 0 Å². The molecule has 0 rings (SSSR count). The van der Waals surface area contributed by atoms with Crippen molar-refractivity contribution in [1.82, 2.24) is 0 Å². The van der Waals surface area contributed by atoms with Crippen molar-refractivity contribution < 1.29 is 5.11 Å². The molecule has 0 spiro atoms. The van der Waals surface area contributed by atoms with Crippen LogP contribution in [0.4, 0.5) is 0 Å². The van der Waals surface area contributed by atoms with Gasteiger partial charge in [-0.3, -0.25) is 0 Å². The maximum Gasteiger partial charge on any atom is 0.0512 e. The van der Waals surface area contributed by atoms with Gasteiger partial charge in [-0.1, -0.05) is 44.8 Å². The summed E-state index contributed by atoms with van der Waals surface area (Å²) in [4.78, 5) is 0. The highest BCUT2D eigenvalue weighted by molar-refractivity contribution is 4.79. The lowest BCUT2D eigenvalue weighted by molar-refractivity contribution is 0.180. The topological polar surface area (TPSA) is 20.2 Å². The van der Waals surface area contributed by atoms with Crippen LogP contribution in [0.5, 0.6) is 0 Å². The van der Waals surface area contributed by atoms with Crippen LogP contribution in [0.3, 0.4) is 0 Å². The zero-order valence-electron chi connectivity index (χ0n) is 9.84. The number of allylic oxidation sites excluding steroid dienone is 2. The van der Waals surface area contributed by atoms with Gasteiger partial charge in [0.25, 0.3) is 0 Å². The van der Waals surface area contributed by atoms with Gasteiger partial charge in [0.15, 0.2) is 0 Å². The Hall–Kier alpha value is -0.300. The molecule has 0 unspecified atom stereocenters. The third-order valence-electron chi connectivity index (χ3n) is 2.40. The van der Waals surface area contributed by atoms with Crippen LogP contribution in [0.25, 0.3) is 0 Å². The molecule has 0 aromatic heterocycles. The highest BCUT2D eigenvalue weighted by Crippen LogP contribution is 2.08. The van der Waals surface area contributed by atoms with Gasteiger partial charge in [-0.15, -0.1) is 0 Å². The van der Waals surface area contributed by atoms with E-state index in [0.29, 0.717) is 0 Å². The van der Waals surface area contributed by atoms with Gasteiger partial charge >= 0.3 is 0 Å². The fraction of sp³-hybridized carbons (Fsp3) is 0.846. The van der Waals surface area contributed by atoms with Crippen molar-refractivity contribution in [2.24, 2.45) is 0 Å². The van der Waals surface area contributed by atoms with Gasteiger partial charge in [0.2, 0.25) is 0 Å². The molecule has 0 aliphatic carbocycles. The summed E-state index contributed by atoms with van der Waals surface area (Å²) in [6, 6.07) is 0. The average molecular weight is 198 g/mol. The van der Waals surface area contributed by atoms with Crippen LogP contribution in [0.1, 0.15) is 65.2 Å². The Bertz CT molecular complexity index is 127. The summed E-state index contributed by atoms with van der Waals surface area (Å²) in [5.41, 5.74) is 0. The Labute approximate surface area is 89.2 Å². The third-order valence-corrected chi connectivity index (χ3v) is 2.40. The monoisotopic (exact) mass is 198 g/mol. The summed E-state index contributed by atoms with van der Waals surface area (Å²) in [5.74, 6) is 0. The van der Waals surface area contributed by atoms with Crippen LogP contribution in [-0.2, 0) is 0 Å². The number of unbranched alkanes of at least 4 members (excludes halogenated alkanes) is 5. The summed E-state index contributed by atoms with van der Waals surface area (Å²) in [6.07, 6.45) is 14.2. The summed E-state index contributed by atoms with van der Waals surface area (Å²) >= 11 is 0. The van der Waals surface area contributed by atoms with Crippen molar-refractivity contribution in [3.8, 4) is 0 Å². The smallest absolute Gasteiger partial charge is 0.0512 e. The normalized spacial score (nSPS) is 13.6. The van der Waals surface area contributed by atoms with Gasteiger partial charge in [-0.25, -0.2) is 0 Å². The minimum Gasteiger partial charge on any atom is -0.393 e. The van der Waals surface area contributed by atoms with E-state index >= 15 is 0 Å². The molecule has 1 N–H and O–H groups in total. The lowest BCUT2D eigenvalue weighted by atomic mass is 10.1. The molecule has 84 valence electrons. The second-order valence-electron chi connectivity index (χ2n) is 4.07. The quantitative estimate of drug-likeness (QED) is 0.437. The van der Waals surface area contributed by atoms with E-state index in [1.165, 1.54) is 38.5 Å². The van der Waals surface area contributed by atoms with E-state index in [4.69, 9.17) is 5.11 Å². The molecule has 0 saturated heterocycles. The first-order chi connectivity index (χ1) is 6.77. The molecular formula is C13H26O. The van der Waals surface area contributed by atoms with E-state index in [1.807, 2.05) is 6.92 Å². The predicted molar refractivity (Wildman–Crippen MR) is 63.4 cm³/mol. The van der Waals surface area contributed by atoms with Crippen molar-refractivity contribution in [3.05, 3.63) is 12.2 Å². The zero-order chi connectivity index (χ0) is 10.6. The number of aliphatic hydroxyl groups is 1. The molecule has 0 saturated carbocycles. The molecule has 1 heteroatoms. The molecule has 0 radical (unpaired) electrons. The Morgan fingerprint density at radius 1 is 1.00 bits per heavy atom. The fourth-order valence-electron chi connectivity index (χ4n) is 1.52. The van der Waals surface area contributed by atoms with Crippen LogP contribution in [0.2, 0.25) is 0 Å². The molecule has 0 aromatic rings. The van der Waals surface area contributed by atoms with Crippen LogP contribution in [0, 0.1) is 0 Å². The zero-order valence-corrected chi connectivity index (χ0v) is 9.84. The van der Waals surface area contributed by atoms with Gasteiger partial charge in [-0.2, -0.15) is 0 Å². The van der Waals surface area contributed by atoms with E-state index in [-0.39, 0.29) is 6.10 Å². The fourth-order valence-corrected chi connectivity index (χ4v) is 1.52. The van der Waals surface area contributed by atoms with Crippen molar-refractivity contribution >= 4 is 0 Å². The van der Waals surface area contributed by atoms with Crippen molar-refractivity contribution in [3.63, 3.8) is 0 Å². The summed E-state index contributed by atoms with van der Waals surface area (Å²) < 4.78 is 0. The maximum absolute atomic E-state index is 9.04. The molecule has 0 fully saturated rings. The molecular weight excluding hydrogens is 172 g/mol. The van der Waals surface area contributed by atoms with E-state index < -0.39 is 0 Å². The second-order valence-corrected chi connectivity index (χ2v) is 4.07. The second kappa shape index (κ2) is 10.8. The van der Waals surface area contributed by atoms with Crippen molar-refractivity contribution in [1.29, 1.82) is 0 Å². The van der Waals surface area contributed by atoms with Gasteiger partial charge < -0.3 is 5.11 Å². The van der Waals surface area contributed by atoms with E-state index in [9.17, 15) is 0 Å². The van der Waals surface area contributed by atoms with Crippen molar-refractivity contribution in [2.45, 2.75) is 71.3 Å². The maximum atomic E-state index is 9.04. The number of aliphatic hydroxyl groups excluding tert-OH is 1. The first kappa shape index (κ1) is 13.7. The lowest BCUT2D eigenvalue weighted by Gasteiger charge is -2.02. The summed E-state index contributed by atoms with van der Waals surface area (Å²) in [7, 11) is 0. The molecule has 14 heavy (non-hydrogen) atoms. The number of hydrogen-bond acceptors (Lipinski definition) is 1. The van der Waals surface area contributed by atoms with Crippen LogP contribution < -0.4 is 0 Å². The highest BCUT2D eigenvalue weighted by atomic mass is 16.3. The van der Waals surface area contributed by atoms with Crippen molar-refractivity contribution in [2.75, 3.05) is 0 Å². The average Bonchev–Trinajstić information content (AvgIpc) is 2.15. The summed E-state index contributed by atoms with van der Waals surface area (Å²) in [6.45, 7) is 4.04. The van der Waals surface area contributed by atoms with Crippen LogP contribution >= 0.6 is 0 Å². The molecule has 0 bridgehead atoms.